The number of carbonyl (C=O) groups excluding carboxylic acids is 1. The molecule has 12 heteroatoms. The van der Waals surface area contributed by atoms with Crippen LogP contribution in [0.3, 0.4) is 0 Å². The number of halogens is 2. The molecule has 1 aliphatic heterocycles. The lowest BCUT2D eigenvalue weighted by Gasteiger charge is -2.59. The summed E-state index contributed by atoms with van der Waals surface area (Å²) in [6.45, 7) is 6.31. The summed E-state index contributed by atoms with van der Waals surface area (Å²) in [6.07, 6.45) is 7.76. The van der Waals surface area contributed by atoms with Crippen LogP contribution in [0.25, 0.3) is 0 Å². The number of rotatable bonds is 21. The monoisotopic (exact) mass is 864 g/mol. The highest BCUT2D eigenvalue weighted by molar-refractivity contribution is 6.03. The predicted octanol–water partition coefficient (Wildman–Crippen LogP) is 10.0. The van der Waals surface area contributed by atoms with Gasteiger partial charge in [0.15, 0.2) is 0 Å². The van der Waals surface area contributed by atoms with Gasteiger partial charge in [-0.15, -0.1) is 6.58 Å². The van der Waals surface area contributed by atoms with E-state index in [4.69, 9.17) is 28.9 Å². The van der Waals surface area contributed by atoms with Crippen molar-refractivity contribution in [3.05, 3.63) is 155 Å². The van der Waals surface area contributed by atoms with E-state index in [1.165, 1.54) is 18.2 Å². The van der Waals surface area contributed by atoms with Crippen LogP contribution in [0.15, 0.2) is 127 Å². The minimum atomic E-state index is -1.54. The number of aliphatic hydroxyl groups excluding tert-OH is 2. The van der Waals surface area contributed by atoms with Gasteiger partial charge in [0.05, 0.1) is 24.8 Å². The molecule has 3 aliphatic rings. The number of ether oxygens (including phenoxy) is 4. The highest BCUT2D eigenvalue weighted by Crippen LogP contribution is 2.62. The molecule has 6 atom stereocenters. The number of fused-ring (bicyclic) bond motifs is 2. The third-order valence-corrected chi connectivity index (χ3v) is 12.4. The molecule has 4 aromatic rings. The van der Waals surface area contributed by atoms with Gasteiger partial charge < -0.3 is 34.0 Å². The second kappa shape index (κ2) is 21.7. The van der Waals surface area contributed by atoms with Crippen LogP contribution >= 0.6 is 0 Å². The minimum absolute atomic E-state index is 0.00813. The van der Waals surface area contributed by atoms with Gasteiger partial charge >= 0.3 is 6.09 Å². The topological polar surface area (TPSA) is 119 Å². The zero-order chi connectivity index (χ0) is 44.2. The highest BCUT2D eigenvalue weighted by atomic mass is 19.1. The van der Waals surface area contributed by atoms with Crippen molar-refractivity contribution in [3.63, 3.8) is 0 Å². The molecule has 1 heterocycles. The number of benzene rings is 4. The Kier molecular flexibility index (Phi) is 15.6. The number of hydrogen-bond acceptors (Lipinski definition) is 9. The highest BCUT2D eigenvalue weighted by Gasteiger charge is 2.65. The summed E-state index contributed by atoms with van der Waals surface area (Å²) in [5, 5.41) is 24.8. The van der Waals surface area contributed by atoms with Gasteiger partial charge in [0.1, 0.15) is 42.4 Å². The molecule has 0 saturated heterocycles. The van der Waals surface area contributed by atoms with Crippen LogP contribution in [0.5, 0.6) is 11.5 Å². The number of hydrogen-bond donors (Lipinski definition) is 2. The normalized spacial score (nSPS) is 22.8. The Hall–Kier alpha value is -5.56. The molecule has 334 valence electrons. The molecule has 0 aromatic heterocycles. The van der Waals surface area contributed by atoms with Crippen LogP contribution in [0, 0.1) is 29.4 Å². The predicted molar refractivity (Wildman–Crippen MR) is 236 cm³/mol. The van der Waals surface area contributed by atoms with Crippen LogP contribution in [-0.2, 0) is 34.1 Å². The zero-order valence-corrected chi connectivity index (χ0v) is 35.9. The molecule has 63 heavy (non-hydrogen) atoms. The molecule has 10 nitrogen and oxygen atoms in total. The Balaban J connectivity index is 1.43. The number of oxime groups is 1. The van der Waals surface area contributed by atoms with Crippen molar-refractivity contribution in [1.29, 1.82) is 0 Å². The summed E-state index contributed by atoms with van der Waals surface area (Å²) in [7, 11) is 0. The van der Waals surface area contributed by atoms with E-state index in [0.29, 0.717) is 41.2 Å². The lowest BCUT2D eigenvalue weighted by molar-refractivity contribution is -0.256. The summed E-state index contributed by atoms with van der Waals surface area (Å²) in [4.78, 5) is 22.2. The van der Waals surface area contributed by atoms with Crippen molar-refractivity contribution in [2.75, 3.05) is 26.4 Å². The maximum Gasteiger partial charge on any atom is 0.410 e. The summed E-state index contributed by atoms with van der Waals surface area (Å²) in [6, 6.07) is 27.0. The van der Waals surface area contributed by atoms with Gasteiger partial charge in [-0.3, -0.25) is 4.90 Å². The van der Waals surface area contributed by atoms with Crippen LogP contribution in [0.4, 0.5) is 13.6 Å². The van der Waals surface area contributed by atoms with Gasteiger partial charge in [0.25, 0.3) is 0 Å². The maximum absolute atomic E-state index is 14.8. The molecule has 1 amide bonds. The van der Waals surface area contributed by atoms with Crippen molar-refractivity contribution in [2.45, 2.75) is 89.4 Å². The van der Waals surface area contributed by atoms with E-state index in [0.717, 1.165) is 42.4 Å². The van der Waals surface area contributed by atoms with Crippen molar-refractivity contribution < 1.29 is 47.6 Å². The van der Waals surface area contributed by atoms with Gasteiger partial charge in [-0.1, -0.05) is 90.8 Å². The summed E-state index contributed by atoms with van der Waals surface area (Å²) in [5.41, 5.74) is 4.38. The number of nitrogens with zero attached hydrogens (tertiary/aromatic N) is 2. The molecule has 2 N–H and O–H groups in total. The molecule has 2 aliphatic carbocycles. The first-order chi connectivity index (χ1) is 30.8. The van der Waals surface area contributed by atoms with Gasteiger partial charge in [-0.05, 0) is 97.5 Å². The average molecular weight is 865 g/mol. The quantitative estimate of drug-likeness (QED) is 0.0483. The Labute approximate surface area is 368 Å². The smallest absolute Gasteiger partial charge is 0.410 e. The van der Waals surface area contributed by atoms with Crippen molar-refractivity contribution in [1.82, 2.24) is 4.90 Å². The standard InChI is InChI=1S/C51H58F2N2O8/c1-3-28-61-51-47(55(50(58)59-4-2)32-35-20-22-39(52)23-21-35)31-45(54-62-33-36-14-6-5-7-15-36)42-29-37(16-10-12-26-56)41(18-11-13-27-57)48(49(42)51)43-30-40(24-25-46(43)63-51)60-34-38-17-8-9-19-44(38)53/h3,5-9,14-15,17,19-25,29-30,37,41,47-49,56-57H,1,4,10-13,16,18,26-28,31-34H2,2H3. The maximum atomic E-state index is 14.8. The SMILES string of the molecule is C=CCOC12Oc3ccc(OCc4ccccc4F)cc3C3C(CCCCO)C(CCCCO)C=C(C(=NOCc4ccccc4)CC1N(Cc1ccc(F)cc1)C(=O)OCC)C32. The minimum Gasteiger partial charge on any atom is -0.489 e. The fourth-order valence-corrected chi connectivity index (χ4v) is 9.57. The number of unbranched alkanes of at least 4 members (excludes halogenated alkanes) is 2. The molecule has 4 aromatic carbocycles. The summed E-state index contributed by atoms with van der Waals surface area (Å²) >= 11 is 0. The fraction of sp³-hybridized carbons (Fsp3) is 0.412. The molecule has 0 spiro atoms. The van der Waals surface area contributed by atoms with E-state index in [-0.39, 0.29) is 76.2 Å². The van der Waals surface area contributed by atoms with E-state index in [9.17, 15) is 23.8 Å². The Morgan fingerprint density at radius 3 is 2.40 bits per heavy atom. The van der Waals surface area contributed by atoms with E-state index in [1.54, 1.807) is 54.3 Å². The third kappa shape index (κ3) is 10.5. The first kappa shape index (κ1) is 45.5. The molecule has 1 fully saturated rings. The molecular weight excluding hydrogens is 807 g/mol. The van der Waals surface area contributed by atoms with Crippen LogP contribution in [0.1, 0.15) is 80.0 Å². The third-order valence-electron chi connectivity index (χ3n) is 12.4. The summed E-state index contributed by atoms with van der Waals surface area (Å²) < 4.78 is 55.5. The van der Waals surface area contributed by atoms with Crippen LogP contribution < -0.4 is 9.47 Å². The van der Waals surface area contributed by atoms with Crippen LogP contribution in [-0.4, -0.2) is 65.2 Å². The zero-order valence-electron chi connectivity index (χ0n) is 35.9. The van der Waals surface area contributed by atoms with E-state index in [2.05, 4.69) is 12.7 Å². The van der Waals surface area contributed by atoms with Gasteiger partial charge in [0, 0.05) is 43.2 Å². The second-order valence-corrected chi connectivity index (χ2v) is 16.4. The first-order valence-corrected chi connectivity index (χ1v) is 22.1. The molecule has 7 rings (SSSR count). The fourth-order valence-electron chi connectivity index (χ4n) is 9.57. The van der Waals surface area contributed by atoms with Crippen LogP contribution in [0.2, 0.25) is 0 Å². The Morgan fingerprint density at radius 2 is 1.67 bits per heavy atom. The van der Waals surface area contributed by atoms with Gasteiger partial charge in [0.2, 0.25) is 5.79 Å². The first-order valence-electron chi connectivity index (χ1n) is 22.1. The number of amides is 1. The molecule has 6 unspecified atom stereocenters. The Bertz CT molecular complexity index is 2200. The van der Waals surface area contributed by atoms with E-state index in [1.807, 2.05) is 42.5 Å². The van der Waals surface area contributed by atoms with Gasteiger partial charge in [-0.2, -0.15) is 0 Å². The average Bonchev–Trinajstić information content (AvgIpc) is 3.29. The van der Waals surface area contributed by atoms with Crippen molar-refractivity contribution in [2.24, 2.45) is 22.9 Å². The number of allylic oxidation sites excluding steroid dienone is 1. The Morgan fingerprint density at radius 1 is 0.921 bits per heavy atom. The lowest BCUT2D eigenvalue weighted by atomic mass is 9.55. The van der Waals surface area contributed by atoms with Crippen molar-refractivity contribution in [3.8, 4) is 11.5 Å². The van der Waals surface area contributed by atoms with E-state index < -0.39 is 29.7 Å². The lowest BCUT2D eigenvalue weighted by Crippen LogP contribution is -2.70. The number of carbonyl (C=O) groups is 1. The van der Waals surface area contributed by atoms with E-state index >= 15 is 0 Å². The van der Waals surface area contributed by atoms with Crippen molar-refractivity contribution >= 4 is 11.8 Å². The molecule has 0 bridgehead atoms. The largest absolute Gasteiger partial charge is 0.489 e. The molecule has 1 saturated carbocycles. The number of aliphatic hydroxyl groups is 2. The molecular formula is C51H58F2N2O8. The molecule has 0 radical (unpaired) electrons. The second-order valence-electron chi connectivity index (χ2n) is 16.4. The van der Waals surface area contributed by atoms with Gasteiger partial charge in [-0.25, -0.2) is 13.6 Å². The summed E-state index contributed by atoms with van der Waals surface area (Å²) in [5.74, 6) is -2.15.